The molecule has 1 N–H and O–H groups in total. The summed E-state index contributed by atoms with van der Waals surface area (Å²) in [5.41, 5.74) is -0.818. The molecule has 5 atom stereocenters. The molecule has 0 aromatic heterocycles. The van der Waals surface area contributed by atoms with Crippen molar-refractivity contribution >= 4 is 35.0 Å². The molecule has 1 aromatic carbocycles. The number of ether oxygens (including phenoxy) is 1. The van der Waals surface area contributed by atoms with Crippen LogP contribution >= 0.6 is 11.6 Å². The Balaban J connectivity index is 1.59. The van der Waals surface area contributed by atoms with Crippen LogP contribution in [0.3, 0.4) is 0 Å². The number of unbranched alkanes of at least 4 members (excludes halogenated alkanes) is 3. The summed E-state index contributed by atoms with van der Waals surface area (Å²) in [5.74, 6) is -2.12. The van der Waals surface area contributed by atoms with E-state index in [2.05, 4.69) is 0 Å². The van der Waals surface area contributed by atoms with Crippen LogP contribution in [0.2, 0.25) is 5.02 Å². The van der Waals surface area contributed by atoms with E-state index in [1.54, 1.807) is 20.8 Å². The van der Waals surface area contributed by atoms with E-state index in [1.165, 1.54) is 0 Å². The van der Waals surface area contributed by atoms with Crippen LogP contribution in [0.1, 0.15) is 51.5 Å². The fourth-order valence-electron chi connectivity index (χ4n) is 7.20. The van der Waals surface area contributed by atoms with Crippen molar-refractivity contribution in [3.05, 3.63) is 53.1 Å². The Morgan fingerprint density at radius 1 is 0.975 bits per heavy atom. The molecule has 1 spiro atoms. The van der Waals surface area contributed by atoms with Crippen molar-refractivity contribution in [2.45, 2.75) is 70.1 Å². The monoisotopic (exact) mass is 569 g/mol. The standard InChI is InChI=1S/C31H40ClN3O5/c1-4-16-33-17-10-14-30(3)23(27(33)37)24-28(38)35(18-7-5-6-8-20-36)26-29(39)34(19-11-15-31(24,26)40-30)25-21(2)12-9-13-22(25)32/h9-15,23-24,26,36H,4-8,16-20H2,1-3H3/t23-,24-,26?,30+,31-/m0/s1. The molecule has 4 aliphatic heterocycles. The van der Waals surface area contributed by atoms with E-state index in [1.807, 2.05) is 57.2 Å². The fraction of sp³-hybridized carbons (Fsp3) is 0.581. The molecule has 5 rings (SSSR count). The summed E-state index contributed by atoms with van der Waals surface area (Å²) in [6.45, 7) is 7.67. The number of halogens is 1. The molecule has 2 saturated heterocycles. The minimum absolute atomic E-state index is 0.1000. The first-order chi connectivity index (χ1) is 19.2. The Kier molecular flexibility index (Phi) is 8.15. The number of likely N-dealkylation sites (tertiary alicyclic amines) is 1. The minimum atomic E-state index is -1.28. The molecule has 1 unspecified atom stereocenters. The predicted molar refractivity (Wildman–Crippen MR) is 154 cm³/mol. The Morgan fingerprint density at radius 3 is 2.45 bits per heavy atom. The molecule has 9 heteroatoms. The van der Waals surface area contributed by atoms with E-state index < -0.39 is 29.1 Å². The highest BCUT2D eigenvalue weighted by atomic mass is 35.5. The molecule has 0 saturated carbocycles. The number of rotatable bonds is 9. The quantitative estimate of drug-likeness (QED) is 0.360. The lowest BCUT2D eigenvalue weighted by Crippen LogP contribution is -2.56. The number of carbonyl (C=O) groups is 3. The largest absolute Gasteiger partial charge is 0.396 e. The summed E-state index contributed by atoms with van der Waals surface area (Å²) in [7, 11) is 0. The Morgan fingerprint density at radius 2 is 1.73 bits per heavy atom. The van der Waals surface area contributed by atoms with E-state index in [-0.39, 0.29) is 30.9 Å². The Bertz CT molecular complexity index is 1210. The lowest BCUT2D eigenvalue weighted by Gasteiger charge is -2.37. The number of aliphatic hydroxyl groups is 1. The van der Waals surface area contributed by atoms with Gasteiger partial charge in [0.25, 0.3) is 5.91 Å². The molecular formula is C31H40ClN3O5. The minimum Gasteiger partial charge on any atom is -0.396 e. The zero-order chi connectivity index (χ0) is 28.7. The van der Waals surface area contributed by atoms with Gasteiger partial charge in [-0.15, -0.1) is 0 Å². The number of para-hydroxylation sites is 1. The van der Waals surface area contributed by atoms with Gasteiger partial charge in [0.05, 0.1) is 28.1 Å². The van der Waals surface area contributed by atoms with Gasteiger partial charge in [0.2, 0.25) is 11.8 Å². The zero-order valence-corrected chi connectivity index (χ0v) is 24.4. The number of aryl methyl sites for hydroxylation is 1. The number of amides is 3. The first-order valence-electron chi connectivity index (χ1n) is 14.5. The number of aliphatic hydroxyl groups excluding tert-OH is 1. The molecule has 4 aliphatic rings. The molecule has 216 valence electrons. The molecule has 3 amide bonds. The SMILES string of the molecule is CCCN1CC=C[C@@]2(C)O[C@]34C=CCN(c5c(C)cccc5Cl)C(=O)C3N(CCCCCCO)C(=O)[C@@H]4[C@H]2C1=O. The highest BCUT2D eigenvalue weighted by Crippen LogP contribution is 2.57. The number of fused-ring (bicyclic) bond motifs is 2. The summed E-state index contributed by atoms with van der Waals surface area (Å²) < 4.78 is 6.89. The van der Waals surface area contributed by atoms with Gasteiger partial charge in [-0.3, -0.25) is 14.4 Å². The highest BCUT2D eigenvalue weighted by Gasteiger charge is 2.74. The third-order valence-corrected chi connectivity index (χ3v) is 9.20. The normalized spacial score (nSPS) is 31.4. The number of anilines is 1. The summed E-state index contributed by atoms with van der Waals surface area (Å²) >= 11 is 6.63. The van der Waals surface area contributed by atoms with Crippen LogP contribution in [0, 0.1) is 18.8 Å². The van der Waals surface area contributed by atoms with E-state index >= 15 is 0 Å². The zero-order valence-electron chi connectivity index (χ0n) is 23.6. The fourth-order valence-corrected chi connectivity index (χ4v) is 7.52. The number of nitrogens with zero attached hydrogens (tertiary/aromatic N) is 3. The third-order valence-electron chi connectivity index (χ3n) is 8.90. The molecule has 0 aliphatic carbocycles. The molecule has 40 heavy (non-hydrogen) atoms. The van der Waals surface area contributed by atoms with Gasteiger partial charge < -0.3 is 24.5 Å². The van der Waals surface area contributed by atoms with Crippen molar-refractivity contribution in [2.75, 3.05) is 37.7 Å². The highest BCUT2D eigenvalue weighted by molar-refractivity contribution is 6.34. The maximum atomic E-state index is 14.6. The van der Waals surface area contributed by atoms with Crippen molar-refractivity contribution in [3.63, 3.8) is 0 Å². The smallest absolute Gasteiger partial charge is 0.253 e. The van der Waals surface area contributed by atoms with Crippen LogP contribution in [0.25, 0.3) is 0 Å². The van der Waals surface area contributed by atoms with Crippen LogP contribution in [0.5, 0.6) is 0 Å². The van der Waals surface area contributed by atoms with Gasteiger partial charge in [0.15, 0.2) is 0 Å². The maximum Gasteiger partial charge on any atom is 0.253 e. The Hall–Kier alpha value is -2.68. The van der Waals surface area contributed by atoms with E-state index in [4.69, 9.17) is 16.3 Å². The lowest BCUT2D eigenvalue weighted by atomic mass is 9.74. The third kappa shape index (κ3) is 4.58. The maximum absolute atomic E-state index is 14.6. The molecule has 2 fully saturated rings. The number of carbonyl (C=O) groups excluding carboxylic acids is 3. The molecule has 1 aromatic rings. The van der Waals surface area contributed by atoms with Gasteiger partial charge >= 0.3 is 0 Å². The van der Waals surface area contributed by atoms with Crippen LogP contribution in [0.4, 0.5) is 5.69 Å². The molecular weight excluding hydrogens is 530 g/mol. The van der Waals surface area contributed by atoms with Gasteiger partial charge in [0.1, 0.15) is 11.6 Å². The van der Waals surface area contributed by atoms with Gasteiger partial charge in [0, 0.05) is 32.8 Å². The molecule has 8 nitrogen and oxygen atoms in total. The second-order valence-electron chi connectivity index (χ2n) is 11.6. The van der Waals surface area contributed by atoms with E-state index in [9.17, 15) is 19.5 Å². The second-order valence-corrected chi connectivity index (χ2v) is 12.0. The summed E-state index contributed by atoms with van der Waals surface area (Å²) in [5, 5.41) is 9.65. The number of hydrogen-bond acceptors (Lipinski definition) is 5. The van der Waals surface area contributed by atoms with Crippen LogP contribution in [0.15, 0.2) is 42.5 Å². The van der Waals surface area contributed by atoms with Gasteiger partial charge in [-0.1, -0.05) is 67.8 Å². The van der Waals surface area contributed by atoms with E-state index in [0.29, 0.717) is 43.2 Å². The van der Waals surface area contributed by atoms with Gasteiger partial charge in [-0.05, 0) is 44.7 Å². The number of benzene rings is 1. The predicted octanol–water partition coefficient (Wildman–Crippen LogP) is 3.88. The Labute approximate surface area is 241 Å². The van der Waals surface area contributed by atoms with Crippen LogP contribution in [-0.2, 0) is 19.1 Å². The van der Waals surface area contributed by atoms with Crippen molar-refractivity contribution in [1.29, 1.82) is 0 Å². The van der Waals surface area contributed by atoms with Crippen LogP contribution < -0.4 is 4.90 Å². The van der Waals surface area contributed by atoms with Gasteiger partial charge in [-0.2, -0.15) is 0 Å². The molecule has 4 heterocycles. The van der Waals surface area contributed by atoms with Gasteiger partial charge in [-0.25, -0.2) is 0 Å². The van der Waals surface area contributed by atoms with Crippen molar-refractivity contribution in [2.24, 2.45) is 11.8 Å². The average molecular weight is 570 g/mol. The first kappa shape index (κ1) is 28.8. The summed E-state index contributed by atoms with van der Waals surface area (Å²) in [6, 6.07) is 4.60. The van der Waals surface area contributed by atoms with Crippen LogP contribution in [-0.4, -0.2) is 82.7 Å². The lowest BCUT2D eigenvalue weighted by molar-refractivity contribution is -0.148. The van der Waals surface area contributed by atoms with Crippen molar-refractivity contribution in [1.82, 2.24) is 9.80 Å². The van der Waals surface area contributed by atoms with Crippen molar-refractivity contribution < 1.29 is 24.2 Å². The molecule has 0 bridgehead atoms. The number of hydrogen-bond donors (Lipinski definition) is 1. The molecule has 0 radical (unpaired) electrons. The topological polar surface area (TPSA) is 90.4 Å². The summed E-state index contributed by atoms with van der Waals surface area (Å²) in [4.78, 5) is 48.2. The average Bonchev–Trinajstić information content (AvgIpc) is 3.18. The van der Waals surface area contributed by atoms with E-state index in [0.717, 1.165) is 24.8 Å². The first-order valence-corrected chi connectivity index (χ1v) is 14.9. The second kappa shape index (κ2) is 11.3. The van der Waals surface area contributed by atoms with Crippen molar-refractivity contribution in [3.8, 4) is 0 Å². The summed E-state index contributed by atoms with van der Waals surface area (Å²) in [6.07, 6.45) is 11.5.